The Kier molecular flexibility index (Phi) is 73.9. The first kappa shape index (κ1) is 45.0. The molecule has 72 valence electrons. The van der Waals surface area contributed by atoms with E-state index < -0.39 is 13.8 Å². The molecule has 0 atom stereocenters. The van der Waals surface area contributed by atoms with E-state index in [1.807, 2.05) is 0 Å². The summed E-state index contributed by atoms with van der Waals surface area (Å²) < 4.78 is 18.0. The molecule has 0 saturated carbocycles. The molecule has 0 aliphatic heterocycles. The summed E-state index contributed by atoms with van der Waals surface area (Å²) in [5.74, 6) is 0. The molecule has 0 aliphatic carbocycles. The molecule has 0 aliphatic rings. The van der Waals surface area contributed by atoms with Gasteiger partial charge in [0.2, 0.25) is 0 Å². The minimum absolute atomic E-state index is 0. The summed E-state index contributed by atoms with van der Waals surface area (Å²) in [6.07, 6.45) is 0. The van der Waals surface area contributed by atoms with Crippen molar-refractivity contribution in [1.82, 2.24) is 0 Å². The third kappa shape index (κ3) is 846. The largest absolute Gasteiger partial charge is 0.412 e. The van der Waals surface area contributed by atoms with Crippen molar-refractivity contribution in [3.05, 3.63) is 0 Å². The van der Waals surface area contributed by atoms with Crippen LogP contribution in [0.2, 0.25) is 11.4 Å². The maximum atomic E-state index is 9.83. The van der Waals surface area contributed by atoms with E-state index in [2.05, 4.69) is 0 Å². The van der Waals surface area contributed by atoms with Crippen LogP contribution in [0.1, 0.15) is 0 Å². The first-order chi connectivity index (χ1) is 2.00. The molecule has 0 saturated heterocycles. The molecular weight excluding hydrogens is 385 g/mol. The summed E-state index contributed by atoms with van der Waals surface area (Å²) in [4.78, 5) is 0. The van der Waals surface area contributed by atoms with Gasteiger partial charge in [0.1, 0.15) is 0 Å². The molecule has 0 unspecified atom stereocenters. The summed E-state index contributed by atoms with van der Waals surface area (Å²) in [6.45, 7) is 0. The minimum atomic E-state index is -3.12. The zero-order valence-electron chi connectivity index (χ0n) is 5.66. The fourth-order valence-electron chi connectivity index (χ4n) is 0. The van der Waals surface area contributed by atoms with Crippen LogP contribution in [-0.4, -0.2) is 39.8 Å². The minimum Gasteiger partial charge on any atom is -0.412 e. The Bertz CT molecular complexity index is 61.9. The fourth-order valence-corrected chi connectivity index (χ4v) is 0. The van der Waals surface area contributed by atoms with Gasteiger partial charge in [-0.1, -0.05) is 0 Å². The topological polar surface area (TPSA) is 163 Å². The zero-order chi connectivity index (χ0) is 4.50. The molecule has 6 nitrogen and oxygen atoms in total. The molecule has 0 aromatic heterocycles. The normalized spacial score (nSPS) is 5.90. The van der Waals surface area contributed by atoms with E-state index in [0.717, 1.165) is 0 Å². The van der Waals surface area contributed by atoms with Crippen molar-refractivity contribution in [2.45, 2.75) is 11.4 Å². The van der Waals surface area contributed by atoms with Gasteiger partial charge in [-0.3, -0.25) is 0 Å². The number of hydrogen-bond acceptors (Lipinski definition) is 1. The van der Waals surface area contributed by atoms with E-state index in [0.29, 0.717) is 0 Å². The van der Waals surface area contributed by atoms with Crippen molar-refractivity contribution in [3.8, 4) is 0 Å². The molecule has 9 N–H and O–H groups in total. The van der Waals surface area contributed by atoms with Crippen molar-refractivity contribution in [1.29, 1.82) is 0 Å². The van der Waals surface area contributed by atoms with E-state index in [-0.39, 0.29) is 41.7 Å². The van der Waals surface area contributed by atoms with Crippen LogP contribution in [-0.2, 0) is 23.5 Å². The van der Waals surface area contributed by atoms with Gasteiger partial charge in [-0.2, -0.15) is 0 Å². The average molecular weight is 400 g/mol. The van der Waals surface area contributed by atoms with Gasteiger partial charge in [-0.05, 0) is 0 Å². The molecule has 0 fully saturated rings. The molecule has 8 heteroatoms. The Labute approximate surface area is 74.9 Å². The predicted molar refractivity (Wildman–Crippen MR) is 34.8 cm³/mol. The van der Waals surface area contributed by atoms with Gasteiger partial charge >= 0.3 is 33.1 Å². The molecule has 0 aromatic rings. The quantitative estimate of drug-likeness (QED) is 0.424. The van der Waals surface area contributed by atoms with E-state index in [1.54, 1.807) is 0 Å². The molecule has 0 bridgehead atoms. The standard InChI is InChI=1S/C2H7AsO2.4H2O.Os/c1-3(2,4)5;;;;;/h1-2H3,(H,4,5);4*1H2;. The van der Waals surface area contributed by atoms with Gasteiger partial charge in [-0.25, -0.2) is 0 Å². The molecule has 0 radical (unpaired) electrons. The molecule has 0 spiro atoms. The molecule has 10 heavy (non-hydrogen) atoms. The Morgan fingerprint density at radius 3 is 1.00 bits per heavy atom. The summed E-state index contributed by atoms with van der Waals surface area (Å²) in [5.41, 5.74) is 2.72. The number of hydrogen-bond donors (Lipinski definition) is 1. The first-order valence-corrected chi connectivity index (χ1v) is 6.64. The molecular formula is C2H15AsO6Os. The second kappa shape index (κ2) is 16.4. The summed E-state index contributed by atoms with van der Waals surface area (Å²) >= 11 is -3.12. The second-order valence-electron chi connectivity index (χ2n) is 1.29. The first-order valence-electron chi connectivity index (χ1n) is 1.28. The predicted octanol–water partition coefficient (Wildman–Crippen LogP) is -3.19. The molecule has 0 aromatic carbocycles. The third-order valence-electron chi connectivity index (χ3n) is 0. The summed E-state index contributed by atoms with van der Waals surface area (Å²) in [7, 11) is 0. The van der Waals surface area contributed by atoms with Gasteiger partial charge in [0.05, 0.1) is 0 Å². The smallest absolute Gasteiger partial charge is 0 e. The van der Waals surface area contributed by atoms with Crippen LogP contribution in [0, 0.1) is 0 Å². The zero-order valence-corrected chi connectivity index (χ0v) is 10.1. The molecule has 0 amide bonds. The molecule has 0 rings (SSSR count). The Morgan fingerprint density at radius 2 is 1.00 bits per heavy atom. The van der Waals surface area contributed by atoms with Crippen LogP contribution in [0.4, 0.5) is 0 Å². The number of rotatable bonds is 0. The van der Waals surface area contributed by atoms with Crippen LogP contribution in [0.3, 0.4) is 0 Å². The van der Waals surface area contributed by atoms with Crippen LogP contribution in [0.15, 0.2) is 0 Å². The van der Waals surface area contributed by atoms with Gasteiger partial charge in [0.25, 0.3) is 0 Å². The van der Waals surface area contributed by atoms with Gasteiger partial charge in [0, 0.05) is 19.8 Å². The maximum Gasteiger partial charge on any atom is 0 e. The third-order valence-corrected chi connectivity index (χ3v) is 0. The van der Waals surface area contributed by atoms with Gasteiger partial charge < -0.3 is 21.9 Å². The fraction of sp³-hybridized carbons (Fsp3) is 1.00. The Balaban J connectivity index is -0.00000000800. The Hall–Kier alpha value is 0.795. The van der Waals surface area contributed by atoms with Gasteiger partial charge in [-0.15, -0.1) is 0 Å². The van der Waals surface area contributed by atoms with Crippen LogP contribution >= 0.6 is 0 Å². The average Bonchev–Trinajstić information content (AvgIpc) is 0.722. The van der Waals surface area contributed by atoms with Crippen molar-refractivity contribution in [3.63, 3.8) is 0 Å². The SMILES string of the molecule is C[As](C)(=O)O.O.O.O.O.[Os]. The van der Waals surface area contributed by atoms with Crippen molar-refractivity contribution >= 4 is 13.8 Å². The van der Waals surface area contributed by atoms with Crippen molar-refractivity contribution in [2.24, 2.45) is 0 Å². The molecule has 0 heterocycles. The van der Waals surface area contributed by atoms with E-state index in [9.17, 15) is 3.74 Å². The van der Waals surface area contributed by atoms with Gasteiger partial charge in [0.15, 0.2) is 0 Å². The van der Waals surface area contributed by atoms with Crippen LogP contribution in [0.5, 0.6) is 0 Å². The van der Waals surface area contributed by atoms with Crippen molar-refractivity contribution < 1.29 is 49.5 Å². The van der Waals surface area contributed by atoms with Crippen LogP contribution in [0.25, 0.3) is 0 Å². The van der Waals surface area contributed by atoms with E-state index in [1.165, 1.54) is 11.4 Å². The van der Waals surface area contributed by atoms with Crippen LogP contribution < -0.4 is 0 Å². The maximum absolute atomic E-state index is 9.83. The summed E-state index contributed by atoms with van der Waals surface area (Å²) in [5, 5.41) is 0. The summed E-state index contributed by atoms with van der Waals surface area (Å²) in [6, 6.07) is 0. The Morgan fingerprint density at radius 1 is 1.00 bits per heavy atom. The van der Waals surface area contributed by atoms with E-state index in [4.69, 9.17) is 4.10 Å². The van der Waals surface area contributed by atoms with E-state index >= 15 is 0 Å². The second-order valence-corrected chi connectivity index (χ2v) is 6.72. The van der Waals surface area contributed by atoms with Crippen molar-refractivity contribution in [2.75, 3.05) is 0 Å². The monoisotopic (exact) mass is 402 g/mol.